The number of hydrogen-bond donors (Lipinski definition) is 1. The molecule has 6 nitrogen and oxygen atoms in total. The van der Waals surface area contributed by atoms with Gasteiger partial charge in [0.05, 0.1) is 11.6 Å². The summed E-state index contributed by atoms with van der Waals surface area (Å²) < 4.78 is 20.0. The lowest BCUT2D eigenvalue weighted by molar-refractivity contribution is 0.00767. The van der Waals surface area contributed by atoms with E-state index in [0.717, 1.165) is 11.6 Å². The first-order valence-electron chi connectivity index (χ1n) is 10.9. The van der Waals surface area contributed by atoms with Crippen molar-refractivity contribution in [3.05, 3.63) is 65.5 Å². The molecule has 0 aromatic heterocycles. The molecule has 1 aromatic rings. The molecule has 1 aliphatic rings. The second kappa shape index (κ2) is 11.4. The summed E-state index contributed by atoms with van der Waals surface area (Å²) in [4.78, 5) is 29.1. The third-order valence-corrected chi connectivity index (χ3v) is 5.15. The summed E-state index contributed by atoms with van der Waals surface area (Å²) >= 11 is 5.90. The summed E-state index contributed by atoms with van der Waals surface area (Å²) in [5.74, 6) is -1.12. The Balaban J connectivity index is 2.31. The van der Waals surface area contributed by atoms with Crippen molar-refractivity contribution in [1.29, 1.82) is 0 Å². The maximum atomic E-state index is 14.5. The molecule has 0 spiro atoms. The van der Waals surface area contributed by atoms with Crippen LogP contribution in [0.15, 0.2) is 54.2 Å². The second-order valence-electron chi connectivity index (χ2n) is 9.04. The summed E-state index contributed by atoms with van der Waals surface area (Å²) in [5, 5.41) is -0.0802. The number of carbonyl (C=O) groups is 2. The van der Waals surface area contributed by atoms with Crippen molar-refractivity contribution in [1.82, 2.24) is 9.80 Å². The summed E-state index contributed by atoms with van der Waals surface area (Å²) in [5.41, 5.74) is 6.03. The van der Waals surface area contributed by atoms with Gasteiger partial charge in [-0.05, 0) is 58.4 Å². The lowest BCUT2D eigenvalue weighted by Gasteiger charge is -2.42. The smallest absolute Gasteiger partial charge is 0.410 e. The van der Waals surface area contributed by atoms with Gasteiger partial charge in [-0.15, -0.1) is 11.6 Å². The normalized spacial score (nSPS) is 18.8. The van der Waals surface area contributed by atoms with Crippen LogP contribution in [0.4, 0.5) is 14.9 Å². The number of piperazine rings is 1. The summed E-state index contributed by atoms with van der Waals surface area (Å²) in [7, 11) is 0. The van der Waals surface area contributed by atoms with Gasteiger partial charge >= 0.3 is 6.09 Å². The molecule has 2 rings (SSSR count). The Bertz CT molecular complexity index is 951. The molecule has 33 heavy (non-hydrogen) atoms. The molecular weight excluding hydrogens is 445 g/mol. The van der Waals surface area contributed by atoms with Crippen LogP contribution in [-0.2, 0) is 4.74 Å². The number of rotatable bonds is 5. The van der Waals surface area contributed by atoms with Gasteiger partial charge in [0, 0.05) is 30.7 Å². The minimum Gasteiger partial charge on any atom is -0.444 e. The van der Waals surface area contributed by atoms with Gasteiger partial charge in [-0.2, -0.15) is 0 Å². The largest absolute Gasteiger partial charge is 0.444 e. The number of halogens is 2. The van der Waals surface area contributed by atoms with Gasteiger partial charge in [-0.25, -0.2) is 9.18 Å². The Labute approximate surface area is 200 Å². The molecule has 1 saturated heterocycles. The molecule has 1 heterocycles. The molecule has 0 bridgehead atoms. The third kappa shape index (κ3) is 7.93. The average molecular weight is 478 g/mol. The number of carbonyl (C=O) groups excluding carboxylic acids is 2. The van der Waals surface area contributed by atoms with E-state index in [4.69, 9.17) is 22.1 Å². The first-order chi connectivity index (χ1) is 15.4. The van der Waals surface area contributed by atoms with E-state index >= 15 is 0 Å². The lowest BCUT2D eigenvalue weighted by atomic mass is 10.0. The van der Waals surface area contributed by atoms with Gasteiger partial charge in [-0.1, -0.05) is 30.4 Å². The minimum absolute atomic E-state index is 0.0534. The fourth-order valence-electron chi connectivity index (χ4n) is 3.37. The van der Waals surface area contributed by atoms with E-state index in [1.54, 1.807) is 30.6 Å². The number of amides is 2. The number of alkyl halides is 1. The second-order valence-corrected chi connectivity index (χ2v) is 9.73. The molecule has 1 aliphatic heterocycles. The monoisotopic (exact) mass is 477 g/mol. The van der Waals surface area contributed by atoms with E-state index in [0.29, 0.717) is 0 Å². The Hall–Kier alpha value is -2.80. The van der Waals surface area contributed by atoms with Gasteiger partial charge in [0.1, 0.15) is 11.4 Å². The number of anilines is 1. The highest BCUT2D eigenvalue weighted by Gasteiger charge is 2.36. The van der Waals surface area contributed by atoms with Gasteiger partial charge in [0.25, 0.3) is 5.91 Å². The van der Waals surface area contributed by atoms with Crippen molar-refractivity contribution in [2.45, 2.75) is 51.6 Å². The van der Waals surface area contributed by atoms with E-state index in [2.05, 4.69) is 0 Å². The van der Waals surface area contributed by atoms with Crippen LogP contribution in [0, 0.1) is 5.82 Å². The molecule has 2 unspecified atom stereocenters. The zero-order valence-electron chi connectivity index (χ0n) is 19.8. The summed E-state index contributed by atoms with van der Waals surface area (Å²) in [6, 6.07) is 3.57. The van der Waals surface area contributed by atoms with E-state index < -0.39 is 29.5 Å². The van der Waals surface area contributed by atoms with Gasteiger partial charge in [-0.3, -0.25) is 4.79 Å². The highest BCUT2D eigenvalue weighted by atomic mass is 35.5. The molecule has 2 N–H and O–H groups in total. The zero-order valence-corrected chi connectivity index (χ0v) is 20.6. The van der Waals surface area contributed by atoms with Crippen molar-refractivity contribution in [2.75, 3.05) is 25.4 Å². The number of nitrogens with zero attached hydrogens (tertiary/aromatic N) is 2. The lowest BCUT2D eigenvalue weighted by Crippen LogP contribution is -2.57. The van der Waals surface area contributed by atoms with E-state index in [1.807, 2.05) is 44.2 Å². The Morgan fingerprint density at radius 2 is 1.94 bits per heavy atom. The van der Waals surface area contributed by atoms with Gasteiger partial charge in [0.2, 0.25) is 0 Å². The summed E-state index contributed by atoms with van der Waals surface area (Å²) in [6.07, 6.45) is 8.77. The fraction of sp³-hybridized carbons (Fsp3) is 0.440. The van der Waals surface area contributed by atoms with Crippen LogP contribution in [0.3, 0.4) is 0 Å². The molecule has 0 aliphatic carbocycles. The van der Waals surface area contributed by atoms with E-state index in [-0.39, 0.29) is 36.3 Å². The summed E-state index contributed by atoms with van der Waals surface area (Å²) in [6.45, 7) is 9.91. The first kappa shape index (κ1) is 26.5. The number of nitrogen functional groups attached to an aromatic ring is 1. The van der Waals surface area contributed by atoms with Crippen molar-refractivity contribution in [3.63, 3.8) is 0 Å². The van der Waals surface area contributed by atoms with Crippen LogP contribution < -0.4 is 5.73 Å². The highest BCUT2D eigenvalue weighted by Crippen LogP contribution is 2.23. The maximum Gasteiger partial charge on any atom is 0.410 e. The molecule has 8 heteroatoms. The number of ether oxygens (including phenoxy) is 1. The molecule has 0 saturated carbocycles. The van der Waals surface area contributed by atoms with Crippen LogP contribution in [0.2, 0.25) is 0 Å². The van der Waals surface area contributed by atoms with Gasteiger partial charge in [0.15, 0.2) is 0 Å². The van der Waals surface area contributed by atoms with Crippen LogP contribution >= 0.6 is 11.6 Å². The molecule has 180 valence electrons. The first-order valence-corrected chi connectivity index (χ1v) is 11.3. The Morgan fingerprint density at radius 3 is 2.55 bits per heavy atom. The predicted molar refractivity (Wildman–Crippen MR) is 131 cm³/mol. The number of nitrogens with two attached hydrogens (primary N) is 1. The van der Waals surface area contributed by atoms with E-state index in [9.17, 15) is 14.0 Å². The minimum atomic E-state index is -0.671. The zero-order chi connectivity index (χ0) is 24.8. The standard InChI is InChI=1S/C25H33ClFN3O3/c1-17(9-7-6-8-10-18(2)26)22-16-29(24(32)33-25(3,4)5)13-14-30(22)23(31)20-12-11-19(28)15-21(20)27/h6-12,15,18,22H,13-14,16,28H2,1-5H3/b7-6-,10-8-,17-9+. The highest BCUT2D eigenvalue weighted by molar-refractivity contribution is 6.21. The van der Waals surface area contributed by atoms with Crippen LogP contribution in [0.25, 0.3) is 0 Å². The van der Waals surface area contributed by atoms with Crippen molar-refractivity contribution < 1.29 is 18.7 Å². The fourth-order valence-corrected chi connectivity index (χ4v) is 3.45. The van der Waals surface area contributed by atoms with Crippen LogP contribution in [0.5, 0.6) is 0 Å². The van der Waals surface area contributed by atoms with Crippen molar-refractivity contribution in [3.8, 4) is 0 Å². The van der Waals surface area contributed by atoms with Crippen LogP contribution in [0.1, 0.15) is 45.0 Å². The van der Waals surface area contributed by atoms with Crippen molar-refractivity contribution in [2.24, 2.45) is 0 Å². The number of allylic oxidation sites excluding steroid dienone is 5. The molecule has 1 aromatic carbocycles. The number of hydrogen-bond acceptors (Lipinski definition) is 4. The maximum absolute atomic E-state index is 14.5. The quantitative estimate of drug-likeness (QED) is 0.361. The molecule has 2 amide bonds. The average Bonchev–Trinajstić information content (AvgIpc) is 2.71. The topological polar surface area (TPSA) is 75.9 Å². The Kier molecular flexibility index (Phi) is 9.11. The molecule has 0 radical (unpaired) electrons. The number of benzene rings is 1. The van der Waals surface area contributed by atoms with E-state index in [1.165, 1.54) is 12.1 Å². The molecular formula is C25H33ClFN3O3. The Morgan fingerprint density at radius 1 is 1.24 bits per heavy atom. The van der Waals surface area contributed by atoms with Crippen molar-refractivity contribution >= 4 is 29.3 Å². The van der Waals surface area contributed by atoms with Gasteiger partial charge < -0.3 is 20.3 Å². The van der Waals surface area contributed by atoms with Crippen LogP contribution in [-0.4, -0.2) is 58.5 Å². The predicted octanol–water partition coefficient (Wildman–Crippen LogP) is 5.16. The third-order valence-electron chi connectivity index (χ3n) is 5.00. The SMILES string of the molecule is C\C(=C/C=C\C=C/C(C)Cl)C1CN(C(=O)OC(C)(C)C)CCN1C(=O)c1ccc(N)cc1F. The molecule has 2 atom stereocenters. The molecule has 1 fully saturated rings.